The summed E-state index contributed by atoms with van der Waals surface area (Å²) in [5.74, 6) is 0.768. The smallest absolute Gasteiger partial charge is 0.255 e. The van der Waals surface area contributed by atoms with Gasteiger partial charge in [-0.15, -0.1) is 0 Å². The minimum Gasteiger partial charge on any atom is -0.497 e. The van der Waals surface area contributed by atoms with Crippen molar-refractivity contribution in [1.82, 2.24) is 10.2 Å². The van der Waals surface area contributed by atoms with Crippen LogP contribution in [0.25, 0.3) is 6.08 Å². The first-order chi connectivity index (χ1) is 15.6. The molecule has 2 aromatic carbocycles. The van der Waals surface area contributed by atoms with E-state index >= 15 is 0 Å². The molecular formula is C25H31FN2O4. The van der Waals surface area contributed by atoms with Gasteiger partial charge in [-0.25, -0.2) is 4.39 Å². The van der Waals surface area contributed by atoms with Crippen LogP contribution >= 0.6 is 0 Å². The van der Waals surface area contributed by atoms with E-state index < -0.39 is 0 Å². The molecule has 0 spiro atoms. The molecule has 1 amide bonds. The molecule has 3 rings (SSSR count). The van der Waals surface area contributed by atoms with Gasteiger partial charge in [-0.3, -0.25) is 9.69 Å². The first-order valence-corrected chi connectivity index (χ1v) is 10.9. The molecule has 0 unspecified atom stereocenters. The molecule has 172 valence electrons. The molecular weight excluding hydrogens is 411 g/mol. The van der Waals surface area contributed by atoms with Gasteiger partial charge in [0.05, 0.1) is 19.3 Å². The molecule has 0 aliphatic carbocycles. The van der Waals surface area contributed by atoms with Crippen LogP contribution in [0.4, 0.5) is 4.39 Å². The zero-order valence-corrected chi connectivity index (χ0v) is 18.7. The predicted molar refractivity (Wildman–Crippen MR) is 123 cm³/mol. The van der Waals surface area contributed by atoms with Crippen molar-refractivity contribution in [1.29, 1.82) is 0 Å². The molecule has 1 heterocycles. The number of hydrogen-bond donors (Lipinski definition) is 1. The van der Waals surface area contributed by atoms with Crippen molar-refractivity contribution in [3.63, 3.8) is 0 Å². The van der Waals surface area contributed by atoms with Gasteiger partial charge in [0.1, 0.15) is 23.4 Å². The summed E-state index contributed by atoms with van der Waals surface area (Å²) in [6.07, 6.45) is 5.87. The van der Waals surface area contributed by atoms with Gasteiger partial charge < -0.3 is 19.5 Å². The largest absolute Gasteiger partial charge is 0.497 e. The molecule has 0 aromatic heterocycles. The third kappa shape index (κ3) is 7.07. The molecule has 1 saturated heterocycles. The highest BCUT2D eigenvalue weighted by atomic mass is 19.1. The fourth-order valence-corrected chi connectivity index (χ4v) is 3.58. The Morgan fingerprint density at radius 3 is 2.59 bits per heavy atom. The van der Waals surface area contributed by atoms with E-state index in [0.717, 1.165) is 38.0 Å². The van der Waals surface area contributed by atoms with Crippen LogP contribution in [0, 0.1) is 5.82 Å². The number of ether oxygens (including phenoxy) is 3. The molecule has 1 aliphatic heterocycles. The normalized spacial score (nSPS) is 15.1. The van der Waals surface area contributed by atoms with Crippen LogP contribution < -0.4 is 14.8 Å². The van der Waals surface area contributed by atoms with Gasteiger partial charge in [-0.05, 0) is 42.7 Å². The zero-order valence-electron chi connectivity index (χ0n) is 18.7. The summed E-state index contributed by atoms with van der Waals surface area (Å²) in [6, 6.07) is 11.7. The average Bonchev–Trinajstić information content (AvgIpc) is 2.81. The molecule has 32 heavy (non-hydrogen) atoms. The summed E-state index contributed by atoms with van der Waals surface area (Å²) >= 11 is 0. The van der Waals surface area contributed by atoms with Crippen molar-refractivity contribution >= 4 is 12.0 Å². The zero-order chi connectivity index (χ0) is 22.8. The third-order valence-electron chi connectivity index (χ3n) is 5.40. The second kappa shape index (κ2) is 12.2. The van der Waals surface area contributed by atoms with Crippen LogP contribution in [0.2, 0.25) is 0 Å². The van der Waals surface area contributed by atoms with Crippen LogP contribution in [0.1, 0.15) is 28.8 Å². The van der Waals surface area contributed by atoms with Crippen LogP contribution in [0.15, 0.2) is 48.5 Å². The van der Waals surface area contributed by atoms with Gasteiger partial charge in [0.25, 0.3) is 5.91 Å². The molecule has 1 N–H and O–H groups in total. The minimum absolute atomic E-state index is 0.0324. The third-order valence-corrected chi connectivity index (χ3v) is 5.40. The Labute approximate surface area is 189 Å². The van der Waals surface area contributed by atoms with E-state index in [1.165, 1.54) is 12.1 Å². The minimum atomic E-state index is -0.226. The quantitative estimate of drug-likeness (QED) is 0.568. The van der Waals surface area contributed by atoms with Crippen LogP contribution in [0.3, 0.4) is 0 Å². The number of amides is 1. The summed E-state index contributed by atoms with van der Waals surface area (Å²) < 4.78 is 29.5. The lowest BCUT2D eigenvalue weighted by molar-refractivity contribution is 0.0905. The highest BCUT2D eigenvalue weighted by Crippen LogP contribution is 2.28. The van der Waals surface area contributed by atoms with E-state index in [4.69, 9.17) is 14.2 Å². The maximum absolute atomic E-state index is 13.0. The van der Waals surface area contributed by atoms with Gasteiger partial charge in [0, 0.05) is 39.4 Å². The molecule has 2 aromatic rings. The summed E-state index contributed by atoms with van der Waals surface area (Å²) in [7, 11) is 3.19. The van der Waals surface area contributed by atoms with Gasteiger partial charge in [-0.2, -0.15) is 0 Å². The second-order valence-corrected chi connectivity index (χ2v) is 7.68. The number of halogens is 1. The Bertz CT molecular complexity index is 893. The van der Waals surface area contributed by atoms with Gasteiger partial charge in [0.15, 0.2) is 0 Å². The highest BCUT2D eigenvalue weighted by molar-refractivity contribution is 5.97. The van der Waals surface area contributed by atoms with Crippen molar-refractivity contribution in [3.05, 3.63) is 65.5 Å². The van der Waals surface area contributed by atoms with E-state index in [1.54, 1.807) is 44.6 Å². The Kier molecular flexibility index (Phi) is 9.07. The van der Waals surface area contributed by atoms with Crippen LogP contribution in [0.5, 0.6) is 11.5 Å². The fourth-order valence-electron chi connectivity index (χ4n) is 3.58. The lowest BCUT2D eigenvalue weighted by Gasteiger charge is -2.31. The first-order valence-electron chi connectivity index (χ1n) is 10.9. The Hall–Kier alpha value is -2.90. The molecule has 7 heteroatoms. The van der Waals surface area contributed by atoms with Crippen molar-refractivity contribution in [2.45, 2.75) is 18.9 Å². The number of carbonyl (C=O) groups is 1. The van der Waals surface area contributed by atoms with Crippen molar-refractivity contribution in [2.24, 2.45) is 0 Å². The Balaban J connectivity index is 1.53. The van der Waals surface area contributed by atoms with Crippen LogP contribution in [-0.4, -0.2) is 63.9 Å². The average molecular weight is 443 g/mol. The maximum Gasteiger partial charge on any atom is 0.255 e. The van der Waals surface area contributed by atoms with E-state index in [-0.39, 0.29) is 17.8 Å². The Morgan fingerprint density at radius 1 is 1.16 bits per heavy atom. The summed E-state index contributed by atoms with van der Waals surface area (Å²) in [4.78, 5) is 14.9. The van der Waals surface area contributed by atoms with Crippen molar-refractivity contribution in [2.75, 3.05) is 47.0 Å². The molecule has 6 nitrogen and oxygen atoms in total. The molecule has 0 saturated carbocycles. The Morgan fingerprint density at radius 2 is 1.91 bits per heavy atom. The van der Waals surface area contributed by atoms with Gasteiger partial charge in [0.2, 0.25) is 0 Å². The lowest BCUT2D eigenvalue weighted by Crippen LogP contribution is -2.38. The number of nitrogens with one attached hydrogen (secondary N) is 1. The van der Waals surface area contributed by atoms with E-state index in [0.29, 0.717) is 30.2 Å². The monoisotopic (exact) mass is 442 g/mol. The number of benzene rings is 2. The molecule has 1 aliphatic rings. The first kappa shape index (κ1) is 23.8. The second-order valence-electron chi connectivity index (χ2n) is 7.68. The molecule has 0 atom stereocenters. The number of piperidine rings is 1. The number of nitrogens with zero attached hydrogens (tertiary/aromatic N) is 1. The van der Waals surface area contributed by atoms with E-state index in [9.17, 15) is 9.18 Å². The molecule has 1 fully saturated rings. The van der Waals surface area contributed by atoms with Gasteiger partial charge >= 0.3 is 0 Å². The predicted octanol–water partition coefficient (Wildman–Crippen LogP) is 3.77. The molecule has 0 bridgehead atoms. The number of hydrogen-bond acceptors (Lipinski definition) is 5. The lowest BCUT2D eigenvalue weighted by atomic mass is 10.1. The maximum atomic E-state index is 13.0. The summed E-state index contributed by atoms with van der Waals surface area (Å²) in [5.41, 5.74) is 1.48. The SMILES string of the molecule is COCCNC(=O)c1ccc(OC)cc1OC1CCN(CC=Cc2ccc(F)cc2)CC1. The number of carbonyl (C=O) groups excluding carboxylic acids is 1. The van der Waals surface area contributed by atoms with E-state index in [2.05, 4.69) is 16.3 Å². The van der Waals surface area contributed by atoms with Crippen molar-refractivity contribution in [3.8, 4) is 11.5 Å². The number of methoxy groups -OCH3 is 2. The summed E-state index contributed by atoms with van der Waals surface area (Å²) in [5, 5.41) is 2.84. The van der Waals surface area contributed by atoms with E-state index in [1.807, 2.05) is 6.08 Å². The highest BCUT2D eigenvalue weighted by Gasteiger charge is 2.22. The topological polar surface area (TPSA) is 60.0 Å². The van der Waals surface area contributed by atoms with Gasteiger partial charge in [-0.1, -0.05) is 24.3 Å². The fraction of sp³-hybridized carbons (Fsp3) is 0.400. The molecule has 0 radical (unpaired) electrons. The summed E-state index contributed by atoms with van der Waals surface area (Å²) in [6.45, 7) is 3.52. The van der Waals surface area contributed by atoms with Crippen LogP contribution in [-0.2, 0) is 4.74 Å². The standard InChI is InChI=1S/C25H31FN2O4/c1-30-17-13-27-25(29)23-10-9-22(31-2)18-24(23)32-21-11-15-28(16-12-21)14-3-4-19-5-7-20(26)8-6-19/h3-10,18,21H,11-17H2,1-2H3,(H,27,29). The number of rotatable bonds is 10. The number of likely N-dealkylation sites (tertiary alicyclic amines) is 1. The van der Waals surface area contributed by atoms with Crippen molar-refractivity contribution < 1.29 is 23.4 Å².